The SMILES string of the molecule is CCC1CCC(O)C(CN(CC(C)C)CC(C)C)C1. The molecule has 1 saturated carbocycles. The molecule has 1 fully saturated rings. The Morgan fingerprint density at radius 1 is 1.05 bits per heavy atom. The lowest BCUT2D eigenvalue weighted by Crippen LogP contribution is -2.41. The zero-order valence-corrected chi connectivity index (χ0v) is 13.7. The molecular weight excluding hydrogens is 234 g/mol. The minimum atomic E-state index is -0.0652. The van der Waals surface area contributed by atoms with Gasteiger partial charge in [0.05, 0.1) is 6.10 Å². The molecule has 1 aliphatic rings. The molecule has 1 N–H and O–H groups in total. The van der Waals surface area contributed by atoms with Crippen LogP contribution in [-0.2, 0) is 0 Å². The maximum Gasteiger partial charge on any atom is 0.0580 e. The van der Waals surface area contributed by atoms with E-state index in [1.165, 1.54) is 19.3 Å². The highest BCUT2D eigenvalue weighted by Gasteiger charge is 2.29. The van der Waals surface area contributed by atoms with Gasteiger partial charge >= 0.3 is 0 Å². The summed E-state index contributed by atoms with van der Waals surface area (Å²) >= 11 is 0. The summed E-state index contributed by atoms with van der Waals surface area (Å²) in [5, 5.41) is 10.3. The van der Waals surface area contributed by atoms with Crippen molar-refractivity contribution in [3.63, 3.8) is 0 Å². The number of aliphatic hydroxyl groups is 1. The van der Waals surface area contributed by atoms with Crippen LogP contribution in [0.5, 0.6) is 0 Å². The summed E-state index contributed by atoms with van der Waals surface area (Å²) in [6, 6.07) is 0. The zero-order valence-electron chi connectivity index (χ0n) is 13.7. The highest BCUT2D eigenvalue weighted by atomic mass is 16.3. The van der Waals surface area contributed by atoms with E-state index in [0.717, 1.165) is 32.0 Å². The third kappa shape index (κ3) is 6.27. The lowest BCUT2D eigenvalue weighted by Gasteiger charge is -2.37. The maximum atomic E-state index is 10.3. The standard InChI is InChI=1S/C17H35NO/c1-6-15-7-8-17(19)16(9-15)12-18(10-13(2)3)11-14(4)5/h13-17,19H,6-12H2,1-5H3. The van der Waals surface area contributed by atoms with E-state index in [1.807, 2.05) is 0 Å². The van der Waals surface area contributed by atoms with Crippen LogP contribution in [-0.4, -0.2) is 35.7 Å². The van der Waals surface area contributed by atoms with Gasteiger partial charge in [-0.25, -0.2) is 0 Å². The Morgan fingerprint density at radius 3 is 2.11 bits per heavy atom. The van der Waals surface area contributed by atoms with E-state index in [1.54, 1.807) is 0 Å². The Morgan fingerprint density at radius 2 is 1.63 bits per heavy atom. The number of hydrogen-bond acceptors (Lipinski definition) is 2. The van der Waals surface area contributed by atoms with Crippen LogP contribution >= 0.6 is 0 Å². The smallest absolute Gasteiger partial charge is 0.0580 e. The van der Waals surface area contributed by atoms with Gasteiger partial charge in [0.2, 0.25) is 0 Å². The summed E-state index contributed by atoms with van der Waals surface area (Å²) < 4.78 is 0. The second kappa shape index (κ2) is 8.26. The molecule has 114 valence electrons. The van der Waals surface area contributed by atoms with Gasteiger partial charge in [-0.3, -0.25) is 0 Å². The molecule has 2 heteroatoms. The second-order valence-corrected chi connectivity index (χ2v) is 7.42. The van der Waals surface area contributed by atoms with E-state index < -0.39 is 0 Å². The lowest BCUT2D eigenvalue weighted by molar-refractivity contribution is 0.0226. The van der Waals surface area contributed by atoms with Crippen LogP contribution in [0, 0.1) is 23.7 Å². The summed E-state index contributed by atoms with van der Waals surface area (Å²) in [5.74, 6) is 2.76. The molecule has 0 aromatic carbocycles. The van der Waals surface area contributed by atoms with Gasteiger partial charge in [0.15, 0.2) is 0 Å². The van der Waals surface area contributed by atoms with E-state index in [4.69, 9.17) is 0 Å². The highest BCUT2D eigenvalue weighted by Crippen LogP contribution is 2.32. The van der Waals surface area contributed by atoms with Crippen molar-refractivity contribution in [3.8, 4) is 0 Å². The average molecular weight is 269 g/mol. The third-order valence-electron chi connectivity index (χ3n) is 4.37. The molecule has 2 nitrogen and oxygen atoms in total. The minimum Gasteiger partial charge on any atom is -0.393 e. The first-order chi connectivity index (χ1) is 8.92. The third-order valence-corrected chi connectivity index (χ3v) is 4.37. The molecule has 0 bridgehead atoms. The Kier molecular flexibility index (Phi) is 7.38. The molecule has 0 radical (unpaired) electrons. The van der Waals surface area contributed by atoms with Crippen molar-refractivity contribution in [2.24, 2.45) is 23.7 Å². The molecule has 3 unspecified atom stereocenters. The molecule has 0 spiro atoms. The van der Waals surface area contributed by atoms with Crippen molar-refractivity contribution >= 4 is 0 Å². The van der Waals surface area contributed by atoms with Crippen LogP contribution in [0.1, 0.15) is 60.3 Å². The van der Waals surface area contributed by atoms with Gasteiger partial charge in [0.1, 0.15) is 0 Å². The van der Waals surface area contributed by atoms with E-state index in [0.29, 0.717) is 17.8 Å². The van der Waals surface area contributed by atoms with Gasteiger partial charge in [-0.05, 0) is 42.9 Å². The van der Waals surface area contributed by atoms with Crippen LogP contribution < -0.4 is 0 Å². The Hall–Kier alpha value is -0.0800. The van der Waals surface area contributed by atoms with Gasteiger partial charge in [-0.15, -0.1) is 0 Å². The molecule has 1 aliphatic carbocycles. The molecule has 0 aliphatic heterocycles. The van der Waals surface area contributed by atoms with E-state index >= 15 is 0 Å². The van der Waals surface area contributed by atoms with Crippen LogP contribution in [0.3, 0.4) is 0 Å². The fraction of sp³-hybridized carbons (Fsp3) is 1.00. The number of nitrogens with zero attached hydrogens (tertiary/aromatic N) is 1. The van der Waals surface area contributed by atoms with Crippen LogP contribution in [0.2, 0.25) is 0 Å². The normalized spacial score (nSPS) is 28.6. The van der Waals surface area contributed by atoms with Crippen LogP contribution in [0.4, 0.5) is 0 Å². The van der Waals surface area contributed by atoms with Gasteiger partial charge in [-0.2, -0.15) is 0 Å². The molecular formula is C17H35NO. The summed E-state index contributed by atoms with van der Waals surface area (Å²) in [6.45, 7) is 14.9. The van der Waals surface area contributed by atoms with Crippen molar-refractivity contribution in [1.82, 2.24) is 4.90 Å². The van der Waals surface area contributed by atoms with Crippen molar-refractivity contribution in [1.29, 1.82) is 0 Å². The molecule has 0 amide bonds. The van der Waals surface area contributed by atoms with Gasteiger partial charge in [0.25, 0.3) is 0 Å². The van der Waals surface area contributed by atoms with Gasteiger partial charge in [0, 0.05) is 19.6 Å². The quantitative estimate of drug-likeness (QED) is 0.760. The molecule has 0 aromatic rings. The fourth-order valence-corrected chi connectivity index (χ4v) is 3.50. The van der Waals surface area contributed by atoms with E-state index in [2.05, 4.69) is 39.5 Å². The number of rotatable bonds is 7. The minimum absolute atomic E-state index is 0.0652. The van der Waals surface area contributed by atoms with E-state index in [9.17, 15) is 5.11 Å². The Labute approximate surface area is 120 Å². The van der Waals surface area contributed by atoms with Gasteiger partial charge in [-0.1, -0.05) is 41.0 Å². The van der Waals surface area contributed by atoms with Crippen molar-refractivity contribution in [3.05, 3.63) is 0 Å². The van der Waals surface area contributed by atoms with Crippen molar-refractivity contribution in [2.75, 3.05) is 19.6 Å². The second-order valence-electron chi connectivity index (χ2n) is 7.42. The molecule has 1 rings (SSSR count). The lowest BCUT2D eigenvalue weighted by atomic mass is 9.78. The molecule has 19 heavy (non-hydrogen) atoms. The van der Waals surface area contributed by atoms with Crippen LogP contribution in [0.15, 0.2) is 0 Å². The van der Waals surface area contributed by atoms with Crippen molar-refractivity contribution in [2.45, 2.75) is 66.4 Å². The summed E-state index contributed by atoms with van der Waals surface area (Å²) in [7, 11) is 0. The van der Waals surface area contributed by atoms with E-state index in [-0.39, 0.29) is 6.10 Å². The summed E-state index contributed by atoms with van der Waals surface area (Å²) in [5.41, 5.74) is 0. The maximum absolute atomic E-state index is 10.3. The molecule has 3 atom stereocenters. The average Bonchev–Trinajstić information content (AvgIpc) is 2.30. The largest absolute Gasteiger partial charge is 0.393 e. The van der Waals surface area contributed by atoms with Gasteiger partial charge < -0.3 is 10.0 Å². The summed E-state index contributed by atoms with van der Waals surface area (Å²) in [6.07, 6.45) is 4.68. The molecule has 0 heterocycles. The van der Waals surface area contributed by atoms with Crippen LogP contribution in [0.25, 0.3) is 0 Å². The zero-order chi connectivity index (χ0) is 14.4. The number of aliphatic hydroxyl groups excluding tert-OH is 1. The molecule has 0 saturated heterocycles. The Balaban J connectivity index is 2.54. The number of hydrogen-bond donors (Lipinski definition) is 1. The Bertz CT molecular complexity index is 229. The first kappa shape index (κ1) is 17.0. The predicted octanol–water partition coefficient (Wildman–Crippen LogP) is 3.79. The summed E-state index contributed by atoms with van der Waals surface area (Å²) in [4.78, 5) is 2.58. The van der Waals surface area contributed by atoms with Crippen molar-refractivity contribution < 1.29 is 5.11 Å². The predicted molar refractivity (Wildman–Crippen MR) is 83.2 cm³/mol. The highest BCUT2D eigenvalue weighted by molar-refractivity contribution is 4.82. The monoisotopic (exact) mass is 269 g/mol. The topological polar surface area (TPSA) is 23.5 Å². The fourth-order valence-electron chi connectivity index (χ4n) is 3.50. The first-order valence-corrected chi connectivity index (χ1v) is 8.32. The first-order valence-electron chi connectivity index (χ1n) is 8.32. The molecule has 0 aromatic heterocycles.